The number of hydrogen-bond donors (Lipinski definition) is 3. The van der Waals surface area contributed by atoms with Gasteiger partial charge in [0, 0.05) is 35.8 Å². The summed E-state index contributed by atoms with van der Waals surface area (Å²) in [5.74, 6) is -1.75. The Balaban J connectivity index is 1.37. The van der Waals surface area contributed by atoms with Crippen LogP contribution in [-0.4, -0.2) is 43.7 Å². The van der Waals surface area contributed by atoms with Gasteiger partial charge in [0.25, 0.3) is 0 Å². The maximum Gasteiger partial charge on any atom is 0.335 e. The van der Waals surface area contributed by atoms with Gasteiger partial charge in [-0.3, -0.25) is 19.5 Å². The van der Waals surface area contributed by atoms with Crippen LogP contribution in [0.2, 0.25) is 0 Å². The maximum atomic E-state index is 13.2. The number of aromatic carboxylic acids is 1. The van der Waals surface area contributed by atoms with Gasteiger partial charge in [0.15, 0.2) is 10.1 Å². The van der Waals surface area contributed by atoms with Gasteiger partial charge in [-0.25, -0.2) is 4.79 Å². The van der Waals surface area contributed by atoms with Crippen molar-refractivity contribution >= 4 is 51.6 Å². The lowest BCUT2D eigenvalue weighted by molar-refractivity contribution is -0.116. The number of benzene rings is 1. The van der Waals surface area contributed by atoms with Gasteiger partial charge in [0.2, 0.25) is 11.0 Å². The number of carboxylic acid groups (broad SMARTS) is 1. The number of nitrogens with zero attached hydrogens (tertiary/aromatic N) is 5. The highest BCUT2D eigenvalue weighted by atomic mass is 32.2. The largest absolute Gasteiger partial charge is 0.478 e. The molecule has 1 aromatic carbocycles. The van der Waals surface area contributed by atoms with E-state index < -0.39 is 11.9 Å². The molecule has 5 rings (SSSR count). The van der Waals surface area contributed by atoms with Gasteiger partial charge in [0.1, 0.15) is 5.82 Å². The number of amides is 1. The topological polar surface area (TPSA) is 175 Å². The number of pyridine rings is 1. The Morgan fingerprint density at radius 2 is 2.03 bits per heavy atom. The molecular formula is C26H21N7O4S2. The van der Waals surface area contributed by atoms with Crippen LogP contribution in [0.25, 0.3) is 0 Å². The predicted octanol–water partition coefficient (Wildman–Crippen LogP) is 3.67. The highest BCUT2D eigenvalue weighted by molar-refractivity contribution is 8.01. The number of allylic oxidation sites excluding steroid dienone is 3. The summed E-state index contributed by atoms with van der Waals surface area (Å²) in [6, 6.07) is 11.6. The first-order valence-electron chi connectivity index (χ1n) is 11.8. The molecule has 39 heavy (non-hydrogen) atoms. The number of carbonyl (C=O) groups excluding carboxylic acids is 2. The molecule has 0 bridgehead atoms. The van der Waals surface area contributed by atoms with E-state index in [4.69, 9.17) is 10.8 Å². The zero-order valence-corrected chi connectivity index (χ0v) is 22.0. The molecule has 196 valence electrons. The Labute approximate surface area is 231 Å². The van der Waals surface area contributed by atoms with Crippen LogP contribution in [0.4, 0.5) is 10.8 Å². The van der Waals surface area contributed by atoms with Gasteiger partial charge in [-0.1, -0.05) is 29.2 Å². The molecule has 3 heterocycles. The lowest BCUT2D eigenvalue weighted by Crippen LogP contribution is -2.38. The summed E-state index contributed by atoms with van der Waals surface area (Å²) < 4.78 is 0.506. The first-order valence-corrected chi connectivity index (χ1v) is 13.6. The van der Waals surface area contributed by atoms with Crippen LogP contribution >= 0.6 is 23.1 Å². The van der Waals surface area contributed by atoms with Gasteiger partial charge >= 0.3 is 5.97 Å². The summed E-state index contributed by atoms with van der Waals surface area (Å²) in [7, 11) is 0. The number of ketones is 1. The predicted molar refractivity (Wildman–Crippen MR) is 145 cm³/mol. The first-order chi connectivity index (χ1) is 18.9. The molecule has 1 aliphatic carbocycles. The number of carbonyl (C=O) groups is 3. The fraction of sp³-hybridized carbons (Fsp3) is 0.192. The van der Waals surface area contributed by atoms with Crippen molar-refractivity contribution in [2.75, 3.05) is 16.0 Å². The van der Waals surface area contributed by atoms with Crippen LogP contribution in [0.3, 0.4) is 0 Å². The molecule has 2 aliphatic rings. The lowest BCUT2D eigenvalue weighted by Gasteiger charge is -2.37. The van der Waals surface area contributed by atoms with Crippen LogP contribution in [0.15, 0.2) is 75.8 Å². The van der Waals surface area contributed by atoms with Crippen molar-refractivity contribution in [1.82, 2.24) is 15.2 Å². The number of nitriles is 1. The van der Waals surface area contributed by atoms with Crippen LogP contribution < -0.4 is 16.0 Å². The van der Waals surface area contributed by atoms with E-state index in [0.29, 0.717) is 45.7 Å². The Bertz CT molecular complexity index is 1560. The number of thioether (sulfide) groups is 1. The van der Waals surface area contributed by atoms with Crippen molar-refractivity contribution in [3.05, 3.63) is 82.6 Å². The second-order valence-corrected chi connectivity index (χ2v) is 10.9. The summed E-state index contributed by atoms with van der Waals surface area (Å²) in [5, 5.41) is 30.6. The Morgan fingerprint density at radius 1 is 1.23 bits per heavy atom. The number of rotatable bonds is 7. The fourth-order valence-electron chi connectivity index (χ4n) is 4.56. The number of carboxylic acids is 1. The Hall–Kier alpha value is -4.54. The summed E-state index contributed by atoms with van der Waals surface area (Å²) in [6.07, 6.45) is 4.89. The number of aromatic nitrogens is 3. The molecule has 0 spiro atoms. The maximum absolute atomic E-state index is 13.2. The third-order valence-electron chi connectivity index (χ3n) is 6.26. The molecule has 0 radical (unpaired) electrons. The normalized spacial score (nSPS) is 17.1. The van der Waals surface area contributed by atoms with Gasteiger partial charge < -0.3 is 16.2 Å². The van der Waals surface area contributed by atoms with Crippen molar-refractivity contribution in [2.45, 2.75) is 29.5 Å². The molecule has 0 fully saturated rings. The summed E-state index contributed by atoms with van der Waals surface area (Å²) >= 11 is 2.38. The van der Waals surface area contributed by atoms with Gasteiger partial charge in [-0.2, -0.15) is 5.26 Å². The molecule has 1 unspecified atom stereocenters. The molecular weight excluding hydrogens is 538 g/mol. The van der Waals surface area contributed by atoms with E-state index in [1.54, 1.807) is 23.4 Å². The number of nitrogens with two attached hydrogens (primary N) is 1. The van der Waals surface area contributed by atoms with E-state index in [9.17, 15) is 19.6 Å². The molecule has 2 aromatic heterocycles. The second kappa shape index (κ2) is 11.1. The summed E-state index contributed by atoms with van der Waals surface area (Å²) in [6.45, 7) is 0. The number of anilines is 2. The zero-order valence-electron chi connectivity index (χ0n) is 20.3. The second-order valence-electron chi connectivity index (χ2n) is 8.67. The minimum atomic E-state index is -1.05. The SMILES string of the molecule is N#CC1=C(N)N(c2nnc(SCC(=O)Nc3ccc(C(=O)O)cc3)s2)C2=C(C(=O)CCC2)C1c1cccnc1. The van der Waals surface area contributed by atoms with Gasteiger partial charge in [0.05, 0.1) is 28.9 Å². The average Bonchev–Trinajstić information content (AvgIpc) is 3.40. The van der Waals surface area contributed by atoms with E-state index in [-0.39, 0.29) is 34.4 Å². The molecule has 1 atom stereocenters. The van der Waals surface area contributed by atoms with Crippen molar-refractivity contribution < 1.29 is 19.5 Å². The van der Waals surface area contributed by atoms with E-state index in [0.717, 1.165) is 5.56 Å². The van der Waals surface area contributed by atoms with Gasteiger partial charge in [-0.15, -0.1) is 10.2 Å². The monoisotopic (exact) mass is 559 g/mol. The molecule has 0 saturated heterocycles. The highest BCUT2D eigenvalue weighted by Crippen LogP contribution is 2.46. The number of hydrogen-bond acceptors (Lipinski definition) is 11. The third-order valence-corrected chi connectivity index (χ3v) is 8.30. The standard InChI is InChI=1S/C26H21N7O4S2/c27-11-17-21(15-3-2-10-29-12-15)22-18(4-1-5-19(22)34)33(23(17)28)25-31-32-26(39-25)38-13-20(35)30-16-8-6-14(7-9-16)24(36)37/h2-3,6-10,12,21H,1,4-5,13,28H2,(H,30,35)(H,36,37). The first kappa shape index (κ1) is 26.1. The van der Waals surface area contributed by atoms with Crippen molar-refractivity contribution in [3.8, 4) is 6.07 Å². The number of Topliss-reactive ketones (excluding diaryl/α,β-unsaturated/α-hetero) is 1. The summed E-state index contributed by atoms with van der Waals surface area (Å²) in [4.78, 5) is 42.4. The Morgan fingerprint density at radius 3 is 2.72 bits per heavy atom. The third kappa shape index (κ3) is 5.25. The van der Waals surface area contributed by atoms with Crippen LogP contribution in [0.5, 0.6) is 0 Å². The minimum absolute atomic E-state index is 0.0393. The lowest BCUT2D eigenvalue weighted by atomic mass is 9.76. The molecule has 1 amide bonds. The molecule has 1 aliphatic heterocycles. The van der Waals surface area contributed by atoms with Crippen LogP contribution in [-0.2, 0) is 9.59 Å². The molecule has 4 N–H and O–H groups in total. The van der Waals surface area contributed by atoms with E-state index in [1.807, 2.05) is 6.07 Å². The van der Waals surface area contributed by atoms with Crippen molar-refractivity contribution in [1.29, 1.82) is 5.26 Å². The molecule has 13 heteroatoms. The molecule has 11 nitrogen and oxygen atoms in total. The average molecular weight is 560 g/mol. The van der Waals surface area contributed by atoms with E-state index in [2.05, 4.69) is 26.6 Å². The van der Waals surface area contributed by atoms with Crippen LogP contribution in [0.1, 0.15) is 41.1 Å². The van der Waals surface area contributed by atoms with Crippen molar-refractivity contribution in [3.63, 3.8) is 0 Å². The smallest absolute Gasteiger partial charge is 0.335 e. The minimum Gasteiger partial charge on any atom is -0.478 e. The highest BCUT2D eigenvalue weighted by Gasteiger charge is 2.41. The quantitative estimate of drug-likeness (QED) is 0.360. The zero-order chi connectivity index (χ0) is 27.5. The molecule has 3 aromatic rings. The number of nitrogens with one attached hydrogen (secondary N) is 1. The van der Waals surface area contributed by atoms with Gasteiger partial charge in [-0.05, 0) is 48.7 Å². The fourth-order valence-corrected chi connectivity index (χ4v) is 6.24. The van der Waals surface area contributed by atoms with E-state index in [1.165, 1.54) is 47.4 Å². The summed E-state index contributed by atoms with van der Waals surface area (Å²) in [5.41, 5.74) is 9.33. The molecule has 0 saturated carbocycles. The Kier molecular flexibility index (Phi) is 7.40. The van der Waals surface area contributed by atoms with E-state index >= 15 is 0 Å². The van der Waals surface area contributed by atoms with Crippen LogP contribution in [0, 0.1) is 11.3 Å². The van der Waals surface area contributed by atoms with Crippen molar-refractivity contribution in [2.24, 2.45) is 5.73 Å².